The van der Waals surface area contributed by atoms with Crippen molar-refractivity contribution in [3.63, 3.8) is 0 Å². The molecule has 0 bridgehead atoms. The lowest BCUT2D eigenvalue weighted by Gasteiger charge is -2.13. The molecule has 0 atom stereocenters. The molecule has 1 N–H and O–H groups in total. The molecule has 1 aromatic heterocycles. The van der Waals surface area contributed by atoms with Gasteiger partial charge in [-0.1, -0.05) is 0 Å². The molecule has 11 heteroatoms. The zero-order chi connectivity index (χ0) is 14.4. The molecule has 0 aliphatic carbocycles. The summed E-state index contributed by atoms with van der Waals surface area (Å²) >= 11 is 0. The van der Waals surface area contributed by atoms with Crippen LogP contribution in [0.5, 0.6) is 0 Å². The Morgan fingerprint density at radius 2 is 1.56 bits per heavy atom. The van der Waals surface area contributed by atoms with Crippen molar-refractivity contribution in [3.05, 3.63) is 23.5 Å². The van der Waals surface area contributed by atoms with Gasteiger partial charge in [0, 0.05) is 6.20 Å². The number of pyridine rings is 1. The second kappa shape index (κ2) is 4.09. The van der Waals surface area contributed by atoms with Crippen LogP contribution < -0.4 is 0 Å². The molecule has 0 aromatic carbocycles. The number of aromatic nitrogens is 1. The van der Waals surface area contributed by atoms with Gasteiger partial charge in [-0.15, -0.1) is 0 Å². The summed E-state index contributed by atoms with van der Waals surface area (Å²) in [6, 6.07) is -0.483. The Hall–Kier alpha value is -1.36. The summed E-state index contributed by atoms with van der Waals surface area (Å²) in [5, 5.41) is 0. The monoisotopic (exact) mass is 295 g/mol. The predicted molar refractivity (Wildman–Crippen MR) is 44.1 cm³/mol. The van der Waals surface area contributed by atoms with E-state index in [4.69, 9.17) is 4.55 Å². The quantitative estimate of drug-likeness (QED) is 0.638. The number of hydrogen-bond acceptors (Lipinski definition) is 3. The number of hydrogen-bond donors (Lipinski definition) is 1. The first kappa shape index (κ1) is 14.7. The molecule has 0 unspecified atom stereocenters. The molecule has 0 amide bonds. The summed E-state index contributed by atoms with van der Waals surface area (Å²) < 4.78 is 103. The number of alkyl halides is 6. The Morgan fingerprint density at radius 3 is 1.89 bits per heavy atom. The van der Waals surface area contributed by atoms with Crippen LogP contribution in [0, 0.1) is 0 Å². The molecule has 0 aliphatic rings. The molecule has 18 heavy (non-hydrogen) atoms. The SMILES string of the molecule is O=S(=O)(O)c1cnc(C(F)(F)F)cc1C(F)(F)F. The van der Waals surface area contributed by atoms with Crippen LogP contribution in [0.2, 0.25) is 0 Å². The normalized spacial score (nSPS) is 13.7. The minimum absolute atomic E-state index is 0.193. The van der Waals surface area contributed by atoms with Gasteiger partial charge in [0.1, 0.15) is 10.6 Å². The van der Waals surface area contributed by atoms with Gasteiger partial charge < -0.3 is 0 Å². The summed E-state index contributed by atoms with van der Waals surface area (Å²) in [4.78, 5) is 0.793. The van der Waals surface area contributed by atoms with E-state index in [-0.39, 0.29) is 6.20 Å². The molecule has 4 nitrogen and oxygen atoms in total. The summed E-state index contributed by atoms with van der Waals surface area (Å²) in [6.45, 7) is 0. The van der Waals surface area contributed by atoms with E-state index in [1.165, 1.54) is 0 Å². The van der Waals surface area contributed by atoms with Crippen molar-refractivity contribution in [1.29, 1.82) is 0 Å². The highest BCUT2D eigenvalue weighted by molar-refractivity contribution is 7.85. The molecule has 1 aromatic rings. The number of nitrogens with zero attached hydrogens (tertiary/aromatic N) is 1. The van der Waals surface area contributed by atoms with E-state index in [2.05, 4.69) is 4.98 Å². The highest BCUT2D eigenvalue weighted by atomic mass is 32.2. The van der Waals surface area contributed by atoms with Crippen molar-refractivity contribution in [2.24, 2.45) is 0 Å². The van der Waals surface area contributed by atoms with Crippen LogP contribution in [0.25, 0.3) is 0 Å². The van der Waals surface area contributed by atoms with Crippen LogP contribution in [0.15, 0.2) is 17.2 Å². The van der Waals surface area contributed by atoms with Crippen LogP contribution >= 0.6 is 0 Å². The molecule has 0 saturated carbocycles. The first-order valence-corrected chi connectivity index (χ1v) is 5.39. The molecule has 0 spiro atoms. The zero-order valence-electron chi connectivity index (χ0n) is 8.04. The Kier molecular flexibility index (Phi) is 3.34. The minimum Gasteiger partial charge on any atom is -0.282 e. The smallest absolute Gasteiger partial charge is 0.282 e. The third-order valence-corrected chi connectivity index (χ3v) is 2.62. The van der Waals surface area contributed by atoms with E-state index in [0.717, 1.165) is 0 Å². The molecule has 0 saturated heterocycles. The summed E-state index contributed by atoms with van der Waals surface area (Å²) in [7, 11) is -5.33. The Morgan fingerprint density at radius 1 is 1.06 bits per heavy atom. The van der Waals surface area contributed by atoms with Crippen molar-refractivity contribution in [2.45, 2.75) is 17.2 Å². The first-order chi connectivity index (χ1) is 7.83. The molecule has 1 heterocycles. The summed E-state index contributed by atoms with van der Waals surface area (Å²) in [5.74, 6) is 0. The lowest BCUT2D eigenvalue weighted by Crippen LogP contribution is -2.17. The van der Waals surface area contributed by atoms with Crippen LogP contribution in [-0.4, -0.2) is 18.0 Å². The van der Waals surface area contributed by atoms with Crippen LogP contribution in [-0.2, 0) is 22.5 Å². The molecule has 0 radical (unpaired) electrons. The van der Waals surface area contributed by atoms with Gasteiger partial charge in [0.05, 0.1) is 5.56 Å². The zero-order valence-corrected chi connectivity index (χ0v) is 8.86. The average molecular weight is 295 g/mol. The van der Waals surface area contributed by atoms with E-state index in [1.807, 2.05) is 0 Å². The second-order valence-corrected chi connectivity index (χ2v) is 4.43. The topological polar surface area (TPSA) is 67.3 Å². The molecular weight excluding hydrogens is 292 g/mol. The van der Waals surface area contributed by atoms with E-state index < -0.39 is 44.7 Å². The fourth-order valence-corrected chi connectivity index (χ4v) is 1.66. The highest BCUT2D eigenvalue weighted by Gasteiger charge is 2.41. The van der Waals surface area contributed by atoms with Crippen molar-refractivity contribution in [2.75, 3.05) is 0 Å². The van der Waals surface area contributed by atoms with Gasteiger partial charge in [-0.25, -0.2) is 0 Å². The van der Waals surface area contributed by atoms with Crippen LogP contribution in [0.1, 0.15) is 11.3 Å². The maximum Gasteiger partial charge on any atom is 0.433 e. The molecule has 102 valence electrons. The lowest BCUT2D eigenvalue weighted by atomic mass is 10.2. The maximum atomic E-state index is 12.4. The van der Waals surface area contributed by atoms with E-state index >= 15 is 0 Å². The average Bonchev–Trinajstić information content (AvgIpc) is 2.12. The van der Waals surface area contributed by atoms with Gasteiger partial charge in [0.15, 0.2) is 0 Å². The Labute approximate surface area is 96.0 Å². The summed E-state index contributed by atoms with van der Waals surface area (Å²) in [6.07, 6.45) is -10.7. The molecular formula is C7H3F6NO3S. The fourth-order valence-electron chi connectivity index (χ4n) is 1.02. The van der Waals surface area contributed by atoms with Crippen LogP contribution in [0.3, 0.4) is 0 Å². The maximum absolute atomic E-state index is 12.4. The van der Waals surface area contributed by atoms with Gasteiger partial charge in [0.25, 0.3) is 10.1 Å². The molecule has 1 rings (SSSR count). The van der Waals surface area contributed by atoms with Crippen molar-refractivity contribution in [3.8, 4) is 0 Å². The third-order valence-electron chi connectivity index (χ3n) is 1.74. The first-order valence-electron chi connectivity index (χ1n) is 3.95. The Balaban J connectivity index is 3.61. The lowest BCUT2D eigenvalue weighted by molar-refractivity contribution is -0.146. The Bertz CT molecular complexity index is 562. The highest BCUT2D eigenvalue weighted by Crippen LogP contribution is 2.37. The van der Waals surface area contributed by atoms with Crippen molar-refractivity contribution < 1.29 is 39.3 Å². The molecule has 0 fully saturated rings. The second-order valence-electron chi connectivity index (χ2n) is 3.04. The van der Waals surface area contributed by atoms with E-state index in [0.29, 0.717) is 0 Å². The minimum atomic E-state index is -5.38. The largest absolute Gasteiger partial charge is 0.433 e. The third kappa shape index (κ3) is 3.10. The summed E-state index contributed by atoms with van der Waals surface area (Å²) in [5.41, 5.74) is -4.05. The van der Waals surface area contributed by atoms with Crippen LogP contribution in [0.4, 0.5) is 26.3 Å². The van der Waals surface area contributed by atoms with Gasteiger partial charge in [-0.05, 0) is 6.07 Å². The van der Waals surface area contributed by atoms with Crippen molar-refractivity contribution >= 4 is 10.1 Å². The van der Waals surface area contributed by atoms with E-state index in [1.54, 1.807) is 0 Å². The molecule has 0 aliphatic heterocycles. The van der Waals surface area contributed by atoms with E-state index in [9.17, 15) is 34.8 Å². The van der Waals surface area contributed by atoms with Crippen molar-refractivity contribution in [1.82, 2.24) is 4.98 Å². The van der Waals surface area contributed by atoms with Gasteiger partial charge >= 0.3 is 12.4 Å². The standard InChI is InChI=1S/C7H3F6NO3S/c8-6(9,10)3-1-5(7(11,12)13)14-2-4(3)18(15,16)17/h1-2H,(H,15,16,17). The predicted octanol–water partition coefficient (Wildman–Crippen LogP) is 2.37. The number of rotatable bonds is 1. The van der Waals surface area contributed by atoms with Gasteiger partial charge in [0.2, 0.25) is 0 Å². The fraction of sp³-hybridized carbons (Fsp3) is 0.286. The van der Waals surface area contributed by atoms with Gasteiger partial charge in [-0.3, -0.25) is 9.54 Å². The number of halogens is 6. The van der Waals surface area contributed by atoms with Gasteiger partial charge in [-0.2, -0.15) is 34.8 Å².